The minimum atomic E-state index is 0.471. The number of hydrogen-bond donors (Lipinski definition) is 1. The molecule has 2 heterocycles. The zero-order valence-corrected chi connectivity index (χ0v) is 12.2. The molecule has 1 aromatic carbocycles. The van der Waals surface area contributed by atoms with Crippen LogP contribution in [0.3, 0.4) is 0 Å². The number of hydrogen-bond acceptors (Lipinski definition) is 3. The molecular weight excluding hydrogens is 274 g/mol. The predicted molar refractivity (Wildman–Crippen MR) is 80.8 cm³/mol. The Morgan fingerprint density at radius 3 is 2.90 bits per heavy atom. The van der Waals surface area contributed by atoms with Crippen molar-refractivity contribution in [2.24, 2.45) is 7.05 Å². The molecule has 5 nitrogen and oxygen atoms in total. The lowest BCUT2D eigenvalue weighted by molar-refractivity contribution is 0.746. The average molecular weight is 290 g/mol. The Morgan fingerprint density at radius 2 is 2.15 bits per heavy atom. The molecule has 0 amide bonds. The van der Waals surface area contributed by atoms with Crippen LogP contribution in [0.1, 0.15) is 18.2 Å². The van der Waals surface area contributed by atoms with Gasteiger partial charge >= 0.3 is 0 Å². The number of anilines is 1. The van der Waals surface area contributed by atoms with E-state index >= 15 is 0 Å². The van der Waals surface area contributed by atoms with Crippen molar-refractivity contribution in [1.82, 2.24) is 19.3 Å². The Balaban J connectivity index is 2.11. The van der Waals surface area contributed by atoms with Gasteiger partial charge in [-0.3, -0.25) is 4.68 Å². The highest BCUT2D eigenvalue weighted by atomic mass is 35.5. The highest BCUT2D eigenvalue weighted by Crippen LogP contribution is 2.26. The highest BCUT2D eigenvalue weighted by Gasteiger charge is 2.13. The summed E-state index contributed by atoms with van der Waals surface area (Å²) in [4.78, 5) is 4.35. The third kappa shape index (κ3) is 2.04. The van der Waals surface area contributed by atoms with E-state index in [0.29, 0.717) is 17.5 Å². The number of nitrogens with zero attached hydrogens (tertiary/aromatic N) is 4. The number of imidazole rings is 1. The minimum absolute atomic E-state index is 0.471. The van der Waals surface area contributed by atoms with Crippen LogP contribution >= 0.6 is 11.6 Å². The molecule has 0 radical (unpaired) electrons. The lowest BCUT2D eigenvalue weighted by Crippen LogP contribution is -2.05. The smallest absolute Gasteiger partial charge is 0.201 e. The topological polar surface area (TPSA) is 61.7 Å². The Hall–Kier alpha value is -2.01. The van der Waals surface area contributed by atoms with Crippen molar-refractivity contribution in [2.45, 2.75) is 19.9 Å². The van der Waals surface area contributed by atoms with E-state index < -0.39 is 0 Å². The van der Waals surface area contributed by atoms with Crippen molar-refractivity contribution in [3.63, 3.8) is 0 Å². The van der Waals surface area contributed by atoms with Gasteiger partial charge < -0.3 is 10.3 Å². The van der Waals surface area contributed by atoms with Gasteiger partial charge in [-0.15, -0.1) is 0 Å². The fourth-order valence-electron chi connectivity index (χ4n) is 2.48. The third-order valence-corrected chi connectivity index (χ3v) is 3.72. The zero-order valence-electron chi connectivity index (χ0n) is 11.5. The van der Waals surface area contributed by atoms with Gasteiger partial charge in [-0.05, 0) is 18.6 Å². The Bertz CT molecular complexity index is 771. The maximum atomic E-state index is 6.16. The fourth-order valence-corrected chi connectivity index (χ4v) is 2.69. The second-order valence-electron chi connectivity index (χ2n) is 4.79. The molecular formula is C14H16ClN5. The van der Waals surface area contributed by atoms with Crippen molar-refractivity contribution in [3.05, 3.63) is 40.7 Å². The van der Waals surface area contributed by atoms with Crippen LogP contribution in [0.25, 0.3) is 11.0 Å². The monoisotopic (exact) mass is 289 g/mol. The number of fused-ring (bicyclic) bond motifs is 1. The maximum absolute atomic E-state index is 6.16. The first-order valence-corrected chi connectivity index (χ1v) is 6.89. The molecule has 0 atom stereocenters. The molecule has 0 aliphatic heterocycles. The quantitative estimate of drug-likeness (QED) is 0.806. The fraction of sp³-hybridized carbons (Fsp3) is 0.286. The van der Waals surface area contributed by atoms with Crippen LogP contribution in [0.5, 0.6) is 0 Å². The van der Waals surface area contributed by atoms with E-state index in [-0.39, 0.29) is 0 Å². The van der Waals surface area contributed by atoms with E-state index in [1.165, 1.54) is 0 Å². The van der Waals surface area contributed by atoms with Crippen LogP contribution in [0, 0.1) is 0 Å². The van der Waals surface area contributed by atoms with Crippen molar-refractivity contribution < 1.29 is 0 Å². The lowest BCUT2D eigenvalue weighted by atomic mass is 10.2. The van der Waals surface area contributed by atoms with Gasteiger partial charge in [-0.25, -0.2) is 4.98 Å². The molecule has 20 heavy (non-hydrogen) atoms. The molecule has 3 aromatic rings. The van der Waals surface area contributed by atoms with E-state index in [2.05, 4.69) is 17.0 Å². The zero-order chi connectivity index (χ0) is 14.3. The largest absolute Gasteiger partial charge is 0.369 e. The van der Waals surface area contributed by atoms with Crippen molar-refractivity contribution in [1.29, 1.82) is 0 Å². The van der Waals surface area contributed by atoms with Crippen LogP contribution in [-0.4, -0.2) is 19.3 Å². The number of halogens is 1. The van der Waals surface area contributed by atoms with Crippen molar-refractivity contribution >= 4 is 28.6 Å². The summed E-state index contributed by atoms with van der Waals surface area (Å²) in [5.41, 5.74) is 9.96. The van der Waals surface area contributed by atoms with E-state index in [9.17, 15) is 0 Å². The predicted octanol–water partition coefficient (Wildman–Crippen LogP) is 2.62. The number of aromatic nitrogens is 4. The van der Waals surface area contributed by atoms with Crippen LogP contribution in [0.4, 0.5) is 5.95 Å². The number of nitrogen functional groups attached to an aromatic ring is 1. The van der Waals surface area contributed by atoms with Gasteiger partial charge in [0.1, 0.15) is 5.52 Å². The summed E-state index contributed by atoms with van der Waals surface area (Å²) in [6.07, 6.45) is 2.91. The second kappa shape index (κ2) is 4.83. The van der Waals surface area contributed by atoms with Gasteiger partial charge in [0.2, 0.25) is 5.95 Å². The highest BCUT2D eigenvalue weighted by molar-refractivity contribution is 6.35. The van der Waals surface area contributed by atoms with Gasteiger partial charge in [0.15, 0.2) is 0 Å². The van der Waals surface area contributed by atoms with Crippen LogP contribution in [0.2, 0.25) is 5.02 Å². The van der Waals surface area contributed by atoms with Gasteiger partial charge in [-0.1, -0.05) is 24.6 Å². The normalized spacial score (nSPS) is 11.3. The molecule has 0 aliphatic rings. The summed E-state index contributed by atoms with van der Waals surface area (Å²) in [5, 5.41) is 5.07. The Labute approximate surface area is 122 Å². The number of aryl methyl sites for hydroxylation is 2. The number of benzene rings is 1. The van der Waals surface area contributed by atoms with E-state index in [1.807, 2.05) is 40.7 Å². The van der Waals surface area contributed by atoms with Gasteiger partial charge in [0.05, 0.1) is 22.8 Å². The molecule has 0 aliphatic carbocycles. The summed E-state index contributed by atoms with van der Waals surface area (Å²) >= 11 is 6.16. The first kappa shape index (κ1) is 13.0. The first-order valence-electron chi connectivity index (χ1n) is 6.51. The molecule has 0 spiro atoms. The molecule has 0 saturated heterocycles. The molecule has 2 N–H and O–H groups in total. The summed E-state index contributed by atoms with van der Waals surface area (Å²) in [7, 11) is 1.93. The standard InChI is InChI=1S/C14H16ClN5/c1-3-11-9(7-19(2)18-11)8-20-12-6-4-5-10(15)13(12)17-14(20)16/h4-7H,3,8H2,1-2H3,(H2,16,17). The Morgan fingerprint density at radius 1 is 1.35 bits per heavy atom. The summed E-state index contributed by atoms with van der Waals surface area (Å²) in [6.45, 7) is 2.75. The second-order valence-corrected chi connectivity index (χ2v) is 5.20. The van der Waals surface area contributed by atoms with Crippen LogP contribution < -0.4 is 5.73 Å². The summed E-state index contributed by atoms with van der Waals surface area (Å²) in [5.74, 6) is 0.471. The van der Waals surface area contributed by atoms with Crippen LogP contribution in [-0.2, 0) is 20.0 Å². The molecule has 104 valence electrons. The molecule has 2 aromatic heterocycles. The number of para-hydroxylation sites is 1. The van der Waals surface area contributed by atoms with Crippen LogP contribution in [0.15, 0.2) is 24.4 Å². The van der Waals surface area contributed by atoms with Gasteiger partial charge in [0.25, 0.3) is 0 Å². The van der Waals surface area contributed by atoms with Crippen molar-refractivity contribution in [3.8, 4) is 0 Å². The third-order valence-electron chi connectivity index (χ3n) is 3.41. The van der Waals surface area contributed by atoms with Gasteiger partial charge in [-0.2, -0.15) is 5.10 Å². The molecule has 6 heteroatoms. The maximum Gasteiger partial charge on any atom is 0.201 e. The van der Waals surface area contributed by atoms with E-state index in [4.69, 9.17) is 17.3 Å². The molecule has 0 bridgehead atoms. The summed E-state index contributed by atoms with van der Waals surface area (Å²) in [6, 6.07) is 5.71. The molecule has 3 rings (SSSR count). The van der Waals surface area contributed by atoms with Gasteiger partial charge in [0, 0.05) is 18.8 Å². The average Bonchev–Trinajstić information content (AvgIpc) is 2.93. The summed E-state index contributed by atoms with van der Waals surface area (Å²) < 4.78 is 3.80. The first-order chi connectivity index (χ1) is 9.60. The number of rotatable bonds is 3. The Kier molecular flexibility index (Phi) is 3.14. The molecule has 0 saturated carbocycles. The van der Waals surface area contributed by atoms with E-state index in [0.717, 1.165) is 28.7 Å². The van der Waals surface area contributed by atoms with E-state index in [1.54, 1.807) is 0 Å². The van der Waals surface area contributed by atoms with Crippen molar-refractivity contribution in [2.75, 3.05) is 5.73 Å². The molecule has 0 fully saturated rings. The lowest BCUT2D eigenvalue weighted by Gasteiger charge is -2.06. The SMILES string of the molecule is CCc1nn(C)cc1Cn1c(N)nc2c(Cl)cccc21. The molecule has 0 unspecified atom stereocenters. The minimum Gasteiger partial charge on any atom is -0.369 e. The number of nitrogens with two attached hydrogens (primary N) is 1.